The molecule has 0 saturated heterocycles. The highest BCUT2D eigenvalue weighted by Crippen LogP contribution is 2.23. The van der Waals surface area contributed by atoms with E-state index >= 15 is 0 Å². The van der Waals surface area contributed by atoms with Crippen LogP contribution in [0.1, 0.15) is 34.6 Å². The number of hydrogen-bond donors (Lipinski definition) is 1. The van der Waals surface area contributed by atoms with Gasteiger partial charge in [-0.25, -0.2) is 0 Å². The predicted molar refractivity (Wildman–Crippen MR) is 75.3 cm³/mol. The molecule has 0 aliphatic carbocycles. The summed E-state index contributed by atoms with van der Waals surface area (Å²) < 4.78 is 0. The fraction of sp³-hybridized carbons (Fsp3) is 0.286. The molecular weight excluding hydrogens is 262 g/mol. The van der Waals surface area contributed by atoms with Gasteiger partial charge in [0.1, 0.15) is 0 Å². The van der Waals surface area contributed by atoms with Crippen molar-refractivity contribution in [2.75, 3.05) is 7.05 Å². The van der Waals surface area contributed by atoms with E-state index in [9.17, 15) is 4.79 Å². The number of amides is 1. The van der Waals surface area contributed by atoms with Gasteiger partial charge in [-0.1, -0.05) is 23.7 Å². The molecule has 1 heterocycles. The minimum atomic E-state index is -0.0567. The number of carbonyl (C=O) groups is 1. The van der Waals surface area contributed by atoms with Gasteiger partial charge in [-0.3, -0.25) is 9.89 Å². The molecule has 0 aliphatic heterocycles. The first-order valence-corrected chi connectivity index (χ1v) is 6.41. The highest BCUT2D eigenvalue weighted by molar-refractivity contribution is 6.30. The van der Waals surface area contributed by atoms with E-state index in [0.717, 1.165) is 11.3 Å². The number of rotatable bonds is 3. The lowest BCUT2D eigenvalue weighted by atomic mass is 10.1. The number of benzene rings is 1. The Morgan fingerprint density at radius 2 is 2.21 bits per heavy atom. The van der Waals surface area contributed by atoms with Crippen molar-refractivity contribution >= 4 is 17.5 Å². The van der Waals surface area contributed by atoms with Gasteiger partial charge in [0.25, 0.3) is 5.91 Å². The summed E-state index contributed by atoms with van der Waals surface area (Å²) in [6, 6.07) is 7.48. The van der Waals surface area contributed by atoms with Crippen LogP contribution in [0.3, 0.4) is 0 Å². The first kappa shape index (κ1) is 13.6. The molecule has 2 aromatic rings. The van der Waals surface area contributed by atoms with Gasteiger partial charge in [-0.2, -0.15) is 5.10 Å². The summed E-state index contributed by atoms with van der Waals surface area (Å²) in [5, 5.41) is 7.32. The molecule has 0 fully saturated rings. The summed E-state index contributed by atoms with van der Waals surface area (Å²) in [6.07, 6.45) is 1.55. The smallest absolute Gasteiger partial charge is 0.257 e. The zero-order valence-corrected chi connectivity index (χ0v) is 11.9. The van der Waals surface area contributed by atoms with Crippen molar-refractivity contribution in [2.45, 2.75) is 19.9 Å². The number of hydrogen-bond acceptors (Lipinski definition) is 2. The summed E-state index contributed by atoms with van der Waals surface area (Å²) in [5.41, 5.74) is 2.37. The molecule has 0 radical (unpaired) electrons. The van der Waals surface area contributed by atoms with E-state index in [-0.39, 0.29) is 11.9 Å². The van der Waals surface area contributed by atoms with E-state index in [1.807, 2.05) is 38.1 Å². The van der Waals surface area contributed by atoms with Gasteiger partial charge in [-0.15, -0.1) is 0 Å². The van der Waals surface area contributed by atoms with Crippen LogP contribution in [0.2, 0.25) is 5.02 Å². The van der Waals surface area contributed by atoms with Gasteiger partial charge < -0.3 is 4.90 Å². The number of carbonyl (C=O) groups excluding carboxylic acids is 1. The average Bonchev–Trinajstić information content (AvgIpc) is 2.82. The molecule has 1 unspecified atom stereocenters. The second-order valence-corrected chi connectivity index (χ2v) is 4.99. The molecule has 19 heavy (non-hydrogen) atoms. The van der Waals surface area contributed by atoms with Gasteiger partial charge in [0.2, 0.25) is 0 Å². The molecular formula is C14H16ClN3O. The van der Waals surface area contributed by atoms with Crippen LogP contribution in [-0.2, 0) is 0 Å². The standard InChI is InChI=1S/C14H16ClN3O/c1-9-13(8-16-17-9)14(19)18(3)10(2)11-5-4-6-12(15)7-11/h4-8,10H,1-3H3,(H,16,17). The third kappa shape index (κ3) is 2.79. The summed E-state index contributed by atoms with van der Waals surface area (Å²) in [5.74, 6) is -0.0567. The lowest BCUT2D eigenvalue weighted by molar-refractivity contribution is 0.0742. The van der Waals surface area contributed by atoms with Crippen LogP contribution < -0.4 is 0 Å². The molecule has 1 aromatic carbocycles. The minimum Gasteiger partial charge on any atom is -0.335 e. The van der Waals surface area contributed by atoms with Crippen molar-refractivity contribution in [1.82, 2.24) is 15.1 Å². The molecule has 0 saturated carbocycles. The Morgan fingerprint density at radius 1 is 1.47 bits per heavy atom. The van der Waals surface area contributed by atoms with Crippen LogP contribution in [0.5, 0.6) is 0 Å². The predicted octanol–water partition coefficient (Wildman–Crippen LogP) is 3.20. The Labute approximate surface area is 117 Å². The fourth-order valence-electron chi connectivity index (χ4n) is 1.92. The van der Waals surface area contributed by atoms with Gasteiger partial charge in [0, 0.05) is 17.8 Å². The molecule has 100 valence electrons. The Kier molecular flexibility index (Phi) is 3.90. The van der Waals surface area contributed by atoms with E-state index in [2.05, 4.69) is 10.2 Å². The SMILES string of the molecule is Cc1[nH]ncc1C(=O)N(C)C(C)c1cccc(Cl)c1. The lowest BCUT2D eigenvalue weighted by Gasteiger charge is -2.25. The van der Waals surface area contributed by atoms with Crippen LogP contribution in [-0.4, -0.2) is 28.1 Å². The monoisotopic (exact) mass is 277 g/mol. The van der Waals surface area contributed by atoms with Crippen LogP contribution in [0, 0.1) is 6.92 Å². The topological polar surface area (TPSA) is 49.0 Å². The zero-order chi connectivity index (χ0) is 14.0. The molecule has 5 heteroatoms. The normalized spacial score (nSPS) is 12.2. The van der Waals surface area contributed by atoms with Crippen molar-refractivity contribution in [3.05, 3.63) is 52.3 Å². The number of H-pyrrole nitrogens is 1. The maximum Gasteiger partial charge on any atom is 0.257 e. The van der Waals surface area contributed by atoms with E-state index in [1.165, 1.54) is 0 Å². The molecule has 1 atom stereocenters. The Hall–Kier alpha value is -1.81. The lowest BCUT2D eigenvalue weighted by Crippen LogP contribution is -2.29. The average molecular weight is 278 g/mol. The number of nitrogens with zero attached hydrogens (tertiary/aromatic N) is 2. The summed E-state index contributed by atoms with van der Waals surface area (Å²) in [7, 11) is 1.78. The van der Waals surface area contributed by atoms with Crippen LogP contribution in [0.15, 0.2) is 30.5 Å². The Balaban J connectivity index is 2.22. The highest BCUT2D eigenvalue weighted by atomic mass is 35.5. The number of halogens is 1. The van der Waals surface area contributed by atoms with E-state index in [1.54, 1.807) is 18.1 Å². The zero-order valence-electron chi connectivity index (χ0n) is 11.1. The summed E-state index contributed by atoms with van der Waals surface area (Å²) in [4.78, 5) is 14.0. The van der Waals surface area contributed by atoms with Crippen LogP contribution >= 0.6 is 11.6 Å². The van der Waals surface area contributed by atoms with E-state index in [4.69, 9.17) is 11.6 Å². The molecule has 1 aromatic heterocycles. The van der Waals surface area contributed by atoms with Crippen molar-refractivity contribution in [3.8, 4) is 0 Å². The molecule has 4 nitrogen and oxygen atoms in total. The van der Waals surface area contributed by atoms with Gasteiger partial charge >= 0.3 is 0 Å². The second-order valence-electron chi connectivity index (χ2n) is 4.56. The van der Waals surface area contributed by atoms with Crippen LogP contribution in [0.4, 0.5) is 0 Å². The molecule has 0 bridgehead atoms. The Morgan fingerprint density at radius 3 is 2.79 bits per heavy atom. The number of aromatic nitrogens is 2. The molecule has 1 N–H and O–H groups in total. The first-order chi connectivity index (χ1) is 9.00. The van der Waals surface area contributed by atoms with Gasteiger partial charge in [0.15, 0.2) is 0 Å². The van der Waals surface area contributed by atoms with Crippen molar-refractivity contribution < 1.29 is 4.79 Å². The summed E-state index contributed by atoms with van der Waals surface area (Å²) >= 11 is 5.98. The third-order valence-corrected chi connectivity index (χ3v) is 3.53. The fourth-order valence-corrected chi connectivity index (χ4v) is 2.12. The van der Waals surface area contributed by atoms with Crippen molar-refractivity contribution in [1.29, 1.82) is 0 Å². The maximum absolute atomic E-state index is 12.4. The molecule has 2 rings (SSSR count). The third-order valence-electron chi connectivity index (χ3n) is 3.29. The van der Waals surface area contributed by atoms with Gasteiger partial charge in [-0.05, 0) is 31.5 Å². The number of nitrogens with one attached hydrogen (secondary N) is 1. The van der Waals surface area contributed by atoms with E-state index < -0.39 is 0 Å². The molecule has 0 spiro atoms. The minimum absolute atomic E-state index is 0.0551. The first-order valence-electron chi connectivity index (χ1n) is 6.03. The van der Waals surface area contributed by atoms with Crippen molar-refractivity contribution in [2.24, 2.45) is 0 Å². The van der Waals surface area contributed by atoms with Crippen molar-refractivity contribution in [3.63, 3.8) is 0 Å². The second kappa shape index (κ2) is 5.45. The largest absolute Gasteiger partial charge is 0.335 e. The highest BCUT2D eigenvalue weighted by Gasteiger charge is 2.21. The number of aryl methyl sites for hydroxylation is 1. The summed E-state index contributed by atoms with van der Waals surface area (Å²) in [6.45, 7) is 3.80. The number of aromatic amines is 1. The molecule has 1 amide bonds. The molecule has 0 aliphatic rings. The maximum atomic E-state index is 12.4. The quantitative estimate of drug-likeness (QED) is 0.936. The van der Waals surface area contributed by atoms with E-state index in [0.29, 0.717) is 10.6 Å². The van der Waals surface area contributed by atoms with Crippen LogP contribution in [0.25, 0.3) is 0 Å². The van der Waals surface area contributed by atoms with Gasteiger partial charge in [0.05, 0.1) is 17.8 Å². The Bertz CT molecular complexity index is 594.